The standard InChI is InChI=1S/C25H30N4O/c1-19-7-8-20(2)23(15-19)17-28-14-13-27-24(28)18-29(16-21-9-11-26-12-10-21)25(30)22-5-3-4-6-22/h7-15,22H,3-6,16-18H2,1-2H3. The van der Waals surface area contributed by atoms with Crippen LogP contribution in [0.2, 0.25) is 0 Å². The van der Waals surface area contributed by atoms with Crippen LogP contribution in [-0.4, -0.2) is 25.3 Å². The van der Waals surface area contributed by atoms with Crippen molar-refractivity contribution < 1.29 is 4.79 Å². The summed E-state index contributed by atoms with van der Waals surface area (Å²) >= 11 is 0. The van der Waals surface area contributed by atoms with Gasteiger partial charge in [-0.3, -0.25) is 9.78 Å². The maximum absolute atomic E-state index is 13.3. The highest BCUT2D eigenvalue weighted by atomic mass is 16.2. The quantitative estimate of drug-likeness (QED) is 0.577. The Morgan fingerprint density at radius 3 is 2.60 bits per heavy atom. The Morgan fingerprint density at radius 1 is 1.07 bits per heavy atom. The number of nitrogens with zero attached hydrogens (tertiary/aromatic N) is 4. The van der Waals surface area contributed by atoms with Crippen LogP contribution < -0.4 is 0 Å². The summed E-state index contributed by atoms with van der Waals surface area (Å²) in [4.78, 5) is 24.0. The molecule has 0 saturated heterocycles. The Bertz CT molecular complexity index is 989. The molecule has 2 aromatic heterocycles. The molecule has 0 aliphatic heterocycles. The maximum Gasteiger partial charge on any atom is 0.226 e. The smallest absolute Gasteiger partial charge is 0.226 e. The zero-order valence-electron chi connectivity index (χ0n) is 17.9. The molecule has 1 amide bonds. The largest absolute Gasteiger partial charge is 0.331 e. The monoisotopic (exact) mass is 402 g/mol. The molecular weight excluding hydrogens is 372 g/mol. The molecule has 0 atom stereocenters. The molecule has 5 heteroatoms. The molecule has 30 heavy (non-hydrogen) atoms. The second-order valence-electron chi connectivity index (χ2n) is 8.43. The van der Waals surface area contributed by atoms with Crippen molar-refractivity contribution in [3.63, 3.8) is 0 Å². The molecule has 2 heterocycles. The van der Waals surface area contributed by atoms with Gasteiger partial charge in [-0.15, -0.1) is 0 Å². The summed E-state index contributed by atoms with van der Waals surface area (Å²) in [5, 5.41) is 0. The van der Waals surface area contributed by atoms with Crippen molar-refractivity contribution in [1.82, 2.24) is 19.4 Å². The summed E-state index contributed by atoms with van der Waals surface area (Å²) in [6.45, 7) is 6.15. The van der Waals surface area contributed by atoms with Gasteiger partial charge in [-0.2, -0.15) is 0 Å². The summed E-state index contributed by atoms with van der Waals surface area (Å²) in [5.41, 5.74) is 4.92. The Labute approximate surface area is 178 Å². The number of aryl methyl sites for hydroxylation is 2. The first-order valence-electron chi connectivity index (χ1n) is 10.8. The lowest BCUT2D eigenvalue weighted by atomic mass is 10.1. The van der Waals surface area contributed by atoms with Gasteiger partial charge in [-0.05, 0) is 55.5 Å². The molecule has 4 rings (SSSR count). The average molecular weight is 403 g/mol. The van der Waals surface area contributed by atoms with E-state index in [1.807, 2.05) is 29.4 Å². The normalized spacial score (nSPS) is 14.2. The molecule has 3 aromatic rings. The highest BCUT2D eigenvalue weighted by Crippen LogP contribution is 2.28. The lowest BCUT2D eigenvalue weighted by molar-refractivity contribution is -0.136. The minimum atomic E-state index is 0.147. The fourth-order valence-electron chi connectivity index (χ4n) is 4.31. The van der Waals surface area contributed by atoms with Gasteiger partial charge in [0.2, 0.25) is 5.91 Å². The van der Waals surface area contributed by atoms with Gasteiger partial charge < -0.3 is 9.47 Å². The molecule has 0 spiro atoms. The minimum Gasteiger partial charge on any atom is -0.331 e. The van der Waals surface area contributed by atoms with Gasteiger partial charge in [-0.25, -0.2) is 4.98 Å². The van der Waals surface area contributed by atoms with E-state index in [1.54, 1.807) is 12.4 Å². The van der Waals surface area contributed by atoms with Crippen molar-refractivity contribution in [2.24, 2.45) is 5.92 Å². The van der Waals surface area contributed by atoms with Crippen LogP contribution in [-0.2, 0) is 24.4 Å². The minimum absolute atomic E-state index is 0.147. The Kier molecular flexibility index (Phi) is 6.26. The van der Waals surface area contributed by atoms with Crippen LogP contribution in [0.15, 0.2) is 55.1 Å². The predicted molar refractivity (Wildman–Crippen MR) is 118 cm³/mol. The van der Waals surface area contributed by atoms with E-state index in [0.717, 1.165) is 43.6 Å². The molecule has 1 aliphatic rings. The number of hydrogen-bond donors (Lipinski definition) is 0. The van der Waals surface area contributed by atoms with Gasteiger partial charge in [-0.1, -0.05) is 36.6 Å². The van der Waals surface area contributed by atoms with Crippen molar-refractivity contribution in [3.05, 3.63) is 83.2 Å². The highest BCUT2D eigenvalue weighted by Gasteiger charge is 2.28. The maximum atomic E-state index is 13.3. The predicted octanol–water partition coefficient (Wildman–Crippen LogP) is 4.66. The van der Waals surface area contributed by atoms with Crippen molar-refractivity contribution in [1.29, 1.82) is 0 Å². The Morgan fingerprint density at radius 2 is 1.83 bits per heavy atom. The molecule has 0 N–H and O–H groups in total. The third-order valence-electron chi connectivity index (χ3n) is 6.12. The lowest BCUT2D eigenvalue weighted by Crippen LogP contribution is -2.35. The van der Waals surface area contributed by atoms with Gasteiger partial charge in [0.15, 0.2) is 0 Å². The van der Waals surface area contributed by atoms with E-state index in [1.165, 1.54) is 16.7 Å². The number of carbonyl (C=O) groups is 1. The van der Waals surface area contributed by atoms with Crippen molar-refractivity contribution in [3.8, 4) is 0 Å². The fourth-order valence-corrected chi connectivity index (χ4v) is 4.31. The third kappa shape index (κ3) is 4.78. The zero-order valence-corrected chi connectivity index (χ0v) is 17.9. The molecule has 0 unspecified atom stereocenters. The molecule has 156 valence electrons. The number of amides is 1. The highest BCUT2D eigenvalue weighted by molar-refractivity contribution is 5.79. The van der Waals surface area contributed by atoms with E-state index in [0.29, 0.717) is 13.1 Å². The molecule has 1 fully saturated rings. The van der Waals surface area contributed by atoms with E-state index >= 15 is 0 Å². The Hall–Kier alpha value is -2.95. The number of imidazole rings is 1. The van der Waals surface area contributed by atoms with Crippen LogP contribution in [0.3, 0.4) is 0 Å². The first-order chi connectivity index (χ1) is 14.6. The van der Waals surface area contributed by atoms with E-state index in [9.17, 15) is 4.79 Å². The van der Waals surface area contributed by atoms with Crippen molar-refractivity contribution in [2.75, 3.05) is 0 Å². The van der Waals surface area contributed by atoms with E-state index in [-0.39, 0.29) is 11.8 Å². The van der Waals surface area contributed by atoms with Gasteiger partial charge >= 0.3 is 0 Å². The van der Waals surface area contributed by atoms with Crippen LogP contribution in [0.5, 0.6) is 0 Å². The second kappa shape index (κ2) is 9.24. The summed E-state index contributed by atoms with van der Waals surface area (Å²) in [6, 6.07) is 10.5. The molecule has 0 bridgehead atoms. The number of rotatable bonds is 7. The number of benzene rings is 1. The molecule has 5 nitrogen and oxygen atoms in total. The summed E-state index contributed by atoms with van der Waals surface area (Å²) in [6.07, 6.45) is 11.7. The molecule has 1 aromatic carbocycles. The fraction of sp³-hybridized carbons (Fsp3) is 0.400. The second-order valence-corrected chi connectivity index (χ2v) is 8.43. The van der Waals surface area contributed by atoms with E-state index in [4.69, 9.17) is 0 Å². The van der Waals surface area contributed by atoms with Crippen LogP contribution >= 0.6 is 0 Å². The SMILES string of the molecule is Cc1ccc(C)c(Cn2ccnc2CN(Cc2ccncc2)C(=O)C2CCCC2)c1. The van der Waals surface area contributed by atoms with Gasteiger partial charge in [0.05, 0.1) is 6.54 Å². The van der Waals surface area contributed by atoms with Crippen molar-refractivity contribution in [2.45, 2.75) is 59.2 Å². The van der Waals surface area contributed by atoms with Crippen molar-refractivity contribution >= 4 is 5.91 Å². The van der Waals surface area contributed by atoms with Gasteiger partial charge in [0.25, 0.3) is 0 Å². The summed E-state index contributed by atoms with van der Waals surface area (Å²) in [7, 11) is 0. The first-order valence-corrected chi connectivity index (χ1v) is 10.8. The van der Waals surface area contributed by atoms with Crippen LogP contribution in [0.4, 0.5) is 0 Å². The number of carbonyl (C=O) groups excluding carboxylic acids is 1. The number of pyridine rings is 1. The summed E-state index contributed by atoms with van der Waals surface area (Å²) in [5.74, 6) is 1.33. The molecular formula is C25H30N4O. The molecule has 0 radical (unpaired) electrons. The van der Waals surface area contributed by atoms with E-state index < -0.39 is 0 Å². The zero-order chi connectivity index (χ0) is 20.9. The van der Waals surface area contributed by atoms with Crippen LogP contribution in [0, 0.1) is 19.8 Å². The third-order valence-corrected chi connectivity index (χ3v) is 6.12. The van der Waals surface area contributed by atoms with Crippen LogP contribution in [0.25, 0.3) is 0 Å². The topological polar surface area (TPSA) is 51.0 Å². The Balaban J connectivity index is 1.56. The molecule has 1 aliphatic carbocycles. The molecule has 1 saturated carbocycles. The first kappa shape index (κ1) is 20.3. The van der Waals surface area contributed by atoms with Gasteiger partial charge in [0.1, 0.15) is 5.82 Å². The number of hydrogen-bond acceptors (Lipinski definition) is 3. The van der Waals surface area contributed by atoms with Crippen LogP contribution in [0.1, 0.15) is 53.8 Å². The van der Waals surface area contributed by atoms with Gasteiger partial charge in [0, 0.05) is 43.8 Å². The average Bonchev–Trinajstić information content (AvgIpc) is 3.43. The lowest BCUT2D eigenvalue weighted by Gasteiger charge is -2.26. The van der Waals surface area contributed by atoms with E-state index in [2.05, 4.69) is 46.6 Å². The number of aromatic nitrogens is 3. The summed E-state index contributed by atoms with van der Waals surface area (Å²) < 4.78 is 2.17.